The van der Waals surface area contributed by atoms with Gasteiger partial charge in [-0.15, -0.1) is 0 Å². The summed E-state index contributed by atoms with van der Waals surface area (Å²) in [5, 5.41) is 0.870. The minimum Gasteiger partial charge on any atom is -0.271 e. The molecule has 0 radical (unpaired) electrons. The highest BCUT2D eigenvalue weighted by molar-refractivity contribution is 7.99. The molecule has 112 valence electrons. The van der Waals surface area contributed by atoms with E-state index in [1.807, 2.05) is 0 Å². The van der Waals surface area contributed by atoms with E-state index in [-0.39, 0.29) is 0 Å². The summed E-state index contributed by atoms with van der Waals surface area (Å²) in [5.41, 5.74) is 5.78. The van der Waals surface area contributed by atoms with Gasteiger partial charge in [0.25, 0.3) is 0 Å². The van der Waals surface area contributed by atoms with Crippen LogP contribution in [0, 0.1) is 0 Å². The van der Waals surface area contributed by atoms with E-state index in [1.165, 1.54) is 36.8 Å². The molecule has 1 aromatic carbocycles. The molecular weight excluding hydrogens is 264 g/mol. The predicted octanol–water partition coefficient (Wildman–Crippen LogP) is 3.86. The van der Waals surface area contributed by atoms with Gasteiger partial charge in [0.1, 0.15) is 0 Å². The lowest BCUT2D eigenvalue weighted by atomic mass is 9.99. The Morgan fingerprint density at radius 1 is 1.20 bits per heavy atom. The average molecular weight is 292 g/mol. The molecule has 0 spiro atoms. The number of hydrogen-bond donors (Lipinski definition) is 2. The van der Waals surface area contributed by atoms with Crippen LogP contribution in [0.2, 0.25) is 0 Å². The molecule has 0 heterocycles. The van der Waals surface area contributed by atoms with Gasteiger partial charge in [0.05, 0.1) is 0 Å². The molecule has 2 rings (SSSR count). The number of hydrazine groups is 1. The first-order valence-corrected chi connectivity index (χ1v) is 8.90. The largest absolute Gasteiger partial charge is 0.271 e. The smallest absolute Gasteiger partial charge is 0.0341 e. The van der Waals surface area contributed by atoms with E-state index in [2.05, 4.69) is 55.3 Å². The zero-order chi connectivity index (χ0) is 14.4. The summed E-state index contributed by atoms with van der Waals surface area (Å²) in [4.78, 5) is 0. The normalized spacial score (nSPS) is 17.8. The van der Waals surface area contributed by atoms with Gasteiger partial charge in [-0.2, -0.15) is 11.8 Å². The van der Waals surface area contributed by atoms with Crippen LogP contribution < -0.4 is 11.3 Å². The lowest BCUT2D eigenvalue weighted by molar-refractivity contribution is 0.574. The highest BCUT2D eigenvalue weighted by atomic mass is 32.2. The highest BCUT2D eigenvalue weighted by Crippen LogP contribution is 2.30. The molecule has 1 aliphatic carbocycles. The van der Waals surface area contributed by atoms with Crippen molar-refractivity contribution < 1.29 is 0 Å². The molecule has 20 heavy (non-hydrogen) atoms. The van der Waals surface area contributed by atoms with E-state index in [1.54, 1.807) is 0 Å². The third kappa shape index (κ3) is 4.80. The molecule has 3 N–H and O–H groups in total. The van der Waals surface area contributed by atoms with Gasteiger partial charge in [-0.05, 0) is 36.3 Å². The van der Waals surface area contributed by atoms with Gasteiger partial charge in [0, 0.05) is 17.0 Å². The fraction of sp³-hybridized carbons (Fsp3) is 0.647. The quantitative estimate of drug-likeness (QED) is 0.592. The lowest BCUT2D eigenvalue weighted by Crippen LogP contribution is -2.39. The summed E-state index contributed by atoms with van der Waals surface area (Å²) in [7, 11) is 0. The van der Waals surface area contributed by atoms with Crippen LogP contribution in [-0.4, -0.2) is 17.0 Å². The summed E-state index contributed by atoms with van der Waals surface area (Å²) in [5.74, 6) is 7.44. The van der Waals surface area contributed by atoms with Crippen LogP contribution in [0.25, 0.3) is 0 Å². The summed E-state index contributed by atoms with van der Waals surface area (Å²) < 4.78 is 0. The van der Waals surface area contributed by atoms with Gasteiger partial charge < -0.3 is 0 Å². The zero-order valence-electron chi connectivity index (χ0n) is 12.8. The number of thioether (sulfide) groups is 1. The van der Waals surface area contributed by atoms with Crippen LogP contribution in [0.4, 0.5) is 0 Å². The number of rotatable bonds is 7. The molecule has 3 heteroatoms. The second-order valence-electron chi connectivity index (χ2n) is 6.20. The Morgan fingerprint density at radius 2 is 1.85 bits per heavy atom. The number of nitrogens with one attached hydrogen (secondary N) is 1. The third-order valence-electron chi connectivity index (χ3n) is 4.20. The molecule has 1 aromatic rings. The zero-order valence-corrected chi connectivity index (χ0v) is 13.6. The molecule has 1 aliphatic rings. The fourth-order valence-corrected chi connectivity index (χ4v) is 4.18. The second kappa shape index (κ2) is 8.06. The maximum atomic E-state index is 5.72. The van der Waals surface area contributed by atoms with Gasteiger partial charge in [0.2, 0.25) is 0 Å². The summed E-state index contributed by atoms with van der Waals surface area (Å²) >= 11 is 2.10. The monoisotopic (exact) mass is 292 g/mol. The number of benzene rings is 1. The summed E-state index contributed by atoms with van der Waals surface area (Å²) in [6, 6.07) is 9.38. The van der Waals surface area contributed by atoms with Crippen LogP contribution in [0.15, 0.2) is 24.3 Å². The first kappa shape index (κ1) is 15.9. The molecule has 1 saturated carbocycles. The Bertz CT molecular complexity index is 382. The minimum absolute atomic E-state index is 0.380. The molecule has 0 aromatic heterocycles. The Labute approximate surface area is 127 Å². The first-order chi connectivity index (χ1) is 9.69. The van der Waals surface area contributed by atoms with Crippen molar-refractivity contribution in [3.8, 4) is 0 Å². The van der Waals surface area contributed by atoms with Crippen molar-refractivity contribution in [2.45, 2.75) is 63.2 Å². The fourth-order valence-electron chi connectivity index (χ4n) is 2.80. The number of nitrogens with two attached hydrogens (primary N) is 1. The van der Waals surface area contributed by atoms with Crippen molar-refractivity contribution in [2.75, 3.05) is 5.75 Å². The van der Waals surface area contributed by atoms with Gasteiger partial charge in [-0.25, -0.2) is 0 Å². The van der Waals surface area contributed by atoms with Crippen molar-refractivity contribution in [3.63, 3.8) is 0 Å². The summed E-state index contributed by atoms with van der Waals surface area (Å²) in [6.07, 6.45) is 6.63. The maximum absolute atomic E-state index is 5.72. The van der Waals surface area contributed by atoms with Crippen molar-refractivity contribution >= 4 is 11.8 Å². The molecule has 0 saturated heterocycles. The van der Waals surface area contributed by atoms with E-state index in [0.29, 0.717) is 12.0 Å². The predicted molar refractivity (Wildman–Crippen MR) is 90.1 cm³/mol. The van der Waals surface area contributed by atoms with Gasteiger partial charge in [-0.3, -0.25) is 11.3 Å². The van der Waals surface area contributed by atoms with Crippen molar-refractivity contribution in [2.24, 2.45) is 5.84 Å². The Balaban J connectivity index is 1.82. The second-order valence-corrected chi connectivity index (χ2v) is 7.54. The number of hydrogen-bond acceptors (Lipinski definition) is 3. The van der Waals surface area contributed by atoms with Crippen molar-refractivity contribution in [3.05, 3.63) is 35.4 Å². The van der Waals surface area contributed by atoms with Crippen LogP contribution in [0.3, 0.4) is 0 Å². The van der Waals surface area contributed by atoms with Gasteiger partial charge >= 0.3 is 0 Å². The van der Waals surface area contributed by atoms with Crippen LogP contribution in [-0.2, 0) is 6.42 Å². The molecule has 1 atom stereocenters. The van der Waals surface area contributed by atoms with E-state index in [9.17, 15) is 0 Å². The molecule has 2 nitrogen and oxygen atoms in total. The lowest BCUT2D eigenvalue weighted by Gasteiger charge is -2.18. The van der Waals surface area contributed by atoms with E-state index in [4.69, 9.17) is 5.84 Å². The standard InChI is InChI=1S/C17H28N2S/c1-13(2)15-9-7-14(8-10-15)11-16(19-18)12-20-17-5-3-4-6-17/h7-10,13,16-17,19H,3-6,11-12,18H2,1-2H3. The third-order valence-corrected chi connectivity index (χ3v) is 5.74. The first-order valence-electron chi connectivity index (χ1n) is 7.85. The Kier molecular flexibility index (Phi) is 6.40. The molecule has 1 unspecified atom stereocenters. The minimum atomic E-state index is 0.380. The van der Waals surface area contributed by atoms with Crippen molar-refractivity contribution in [1.82, 2.24) is 5.43 Å². The Morgan fingerprint density at radius 3 is 2.40 bits per heavy atom. The average Bonchev–Trinajstić information content (AvgIpc) is 2.97. The molecule has 0 amide bonds. The van der Waals surface area contributed by atoms with Crippen LogP contribution in [0.5, 0.6) is 0 Å². The Hall–Kier alpha value is -0.510. The van der Waals surface area contributed by atoms with E-state index < -0.39 is 0 Å². The molecule has 0 bridgehead atoms. The van der Waals surface area contributed by atoms with Crippen LogP contribution >= 0.6 is 11.8 Å². The van der Waals surface area contributed by atoms with Crippen molar-refractivity contribution in [1.29, 1.82) is 0 Å². The summed E-state index contributed by atoms with van der Waals surface area (Å²) in [6.45, 7) is 4.47. The SMILES string of the molecule is CC(C)c1ccc(CC(CSC2CCCC2)NN)cc1. The van der Waals surface area contributed by atoms with Gasteiger partial charge in [-0.1, -0.05) is 51.0 Å². The van der Waals surface area contributed by atoms with Gasteiger partial charge in [0.15, 0.2) is 0 Å². The van der Waals surface area contributed by atoms with E-state index in [0.717, 1.165) is 17.4 Å². The van der Waals surface area contributed by atoms with Crippen LogP contribution in [0.1, 0.15) is 56.6 Å². The molecule has 0 aliphatic heterocycles. The topological polar surface area (TPSA) is 38.0 Å². The molecule has 1 fully saturated rings. The van der Waals surface area contributed by atoms with E-state index >= 15 is 0 Å². The molecular formula is C17H28N2S. The highest BCUT2D eigenvalue weighted by Gasteiger charge is 2.17. The maximum Gasteiger partial charge on any atom is 0.0341 e.